The normalized spacial score (nSPS) is 11.3. The third-order valence-electron chi connectivity index (χ3n) is 1.95. The fourth-order valence-electron chi connectivity index (χ4n) is 1.30. The second kappa shape index (κ2) is 2.96. The molecular weight excluding hydrogens is 182 g/mol. The van der Waals surface area contributed by atoms with Gasteiger partial charge >= 0.3 is 0 Å². The quantitative estimate of drug-likeness (QED) is 0.756. The maximum absolute atomic E-state index is 5.62. The van der Waals surface area contributed by atoms with E-state index < -0.39 is 0 Å². The van der Waals surface area contributed by atoms with Crippen molar-refractivity contribution in [1.29, 1.82) is 0 Å². The lowest BCUT2D eigenvalue weighted by Crippen LogP contribution is -1.90. The lowest BCUT2D eigenvalue weighted by atomic mass is 10.1. The fourth-order valence-corrected chi connectivity index (χ4v) is 2.16. The number of rotatable bonds is 1. The van der Waals surface area contributed by atoms with E-state index >= 15 is 0 Å². The number of hydrogen-bond acceptors (Lipinski definition) is 4. The first-order chi connectivity index (χ1) is 6.18. The summed E-state index contributed by atoms with van der Waals surface area (Å²) in [5, 5.41) is 1.15. The molecule has 0 bridgehead atoms. The average Bonchev–Trinajstić information content (AvgIpc) is 2.46. The molecule has 3 nitrogen and oxygen atoms in total. The summed E-state index contributed by atoms with van der Waals surface area (Å²) >= 11 is 1.48. The van der Waals surface area contributed by atoms with Gasteiger partial charge in [-0.25, -0.2) is 4.98 Å². The van der Waals surface area contributed by atoms with E-state index in [-0.39, 0.29) is 0 Å². The number of nitrogens with zero attached hydrogens (tertiary/aromatic N) is 2. The Morgan fingerprint density at radius 3 is 2.92 bits per heavy atom. The van der Waals surface area contributed by atoms with Crippen molar-refractivity contribution in [3.05, 3.63) is 18.0 Å². The Kier molecular flexibility index (Phi) is 1.92. The van der Waals surface area contributed by atoms with Crippen LogP contribution >= 0.6 is 11.5 Å². The van der Waals surface area contributed by atoms with Gasteiger partial charge < -0.3 is 5.73 Å². The highest BCUT2D eigenvalue weighted by atomic mass is 32.1. The van der Waals surface area contributed by atoms with E-state index in [2.05, 4.69) is 23.2 Å². The van der Waals surface area contributed by atoms with Crippen molar-refractivity contribution in [2.24, 2.45) is 0 Å². The van der Waals surface area contributed by atoms with E-state index in [0.29, 0.717) is 11.7 Å². The molecule has 0 radical (unpaired) electrons. The average molecular weight is 193 g/mol. The number of anilines is 1. The van der Waals surface area contributed by atoms with Crippen molar-refractivity contribution in [3.8, 4) is 0 Å². The fraction of sp³-hybridized carbons (Fsp3) is 0.333. The van der Waals surface area contributed by atoms with E-state index in [0.717, 1.165) is 15.8 Å². The Balaban J connectivity index is 2.71. The molecule has 0 fully saturated rings. The summed E-state index contributed by atoms with van der Waals surface area (Å²) in [5.41, 5.74) is 6.74. The summed E-state index contributed by atoms with van der Waals surface area (Å²) < 4.78 is 5.49. The van der Waals surface area contributed by atoms with Crippen molar-refractivity contribution in [2.75, 3.05) is 5.73 Å². The van der Waals surface area contributed by atoms with Gasteiger partial charge in [0, 0.05) is 11.6 Å². The summed E-state index contributed by atoms with van der Waals surface area (Å²) in [6.07, 6.45) is 1.79. The molecule has 0 atom stereocenters. The highest BCUT2D eigenvalue weighted by molar-refractivity contribution is 7.13. The molecule has 4 heteroatoms. The largest absolute Gasteiger partial charge is 0.384 e. The van der Waals surface area contributed by atoms with Gasteiger partial charge in [-0.1, -0.05) is 13.8 Å². The van der Waals surface area contributed by atoms with Crippen LogP contribution in [0.2, 0.25) is 0 Å². The van der Waals surface area contributed by atoms with Crippen molar-refractivity contribution in [2.45, 2.75) is 19.8 Å². The molecule has 0 amide bonds. The first-order valence-electron chi connectivity index (χ1n) is 4.19. The molecule has 0 unspecified atom stereocenters. The number of nitrogen functional groups attached to an aromatic ring is 1. The SMILES string of the molecule is CC(C)c1nsc2cnc(N)cc12. The molecule has 2 N–H and O–H groups in total. The molecule has 0 saturated heterocycles. The zero-order valence-electron chi connectivity index (χ0n) is 7.61. The summed E-state index contributed by atoms with van der Waals surface area (Å²) in [6.45, 7) is 4.26. The van der Waals surface area contributed by atoms with Crippen LogP contribution in [0.1, 0.15) is 25.5 Å². The third-order valence-corrected chi connectivity index (χ3v) is 2.76. The standard InChI is InChI=1S/C9H11N3S/c1-5(2)9-6-3-8(10)11-4-7(6)13-12-9/h3-5H,1-2H3,(H2,10,11). The monoisotopic (exact) mass is 193 g/mol. The van der Waals surface area contributed by atoms with Gasteiger partial charge in [-0.2, -0.15) is 4.37 Å². The van der Waals surface area contributed by atoms with Gasteiger partial charge in [0.15, 0.2) is 0 Å². The van der Waals surface area contributed by atoms with Crippen LogP contribution in [0.25, 0.3) is 10.1 Å². The smallest absolute Gasteiger partial charge is 0.124 e. The summed E-state index contributed by atoms with van der Waals surface area (Å²) in [6, 6.07) is 1.90. The van der Waals surface area contributed by atoms with E-state index in [1.807, 2.05) is 6.07 Å². The van der Waals surface area contributed by atoms with Gasteiger partial charge in [0.1, 0.15) is 5.82 Å². The van der Waals surface area contributed by atoms with Crippen LogP contribution in [0.3, 0.4) is 0 Å². The van der Waals surface area contributed by atoms with Gasteiger partial charge in [0.25, 0.3) is 0 Å². The number of fused-ring (bicyclic) bond motifs is 1. The van der Waals surface area contributed by atoms with Gasteiger partial charge in [0.05, 0.1) is 10.4 Å². The molecule has 0 spiro atoms. The van der Waals surface area contributed by atoms with E-state index in [1.165, 1.54) is 11.5 Å². The molecule has 2 aromatic heterocycles. The van der Waals surface area contributed by atoms with Crippen LogP contribution in [-0.2, 0) is 0 Å². The lowest BCUT2D eigenvalue weighted by Gasteiger charge is -2.00. The van der Waals surface area contributed by atoms with E-state index in [1.54, 1.807) is 6.20 Å². The predicted octanol–water partition coefficient (Wildman–Crippen LogP) is 2.40. The lowest BCUT2D eigenvalue weighted by molar-refractivity contribution is 0.850. The summed E-state index contributed by atoms with van der Waals surface area (Å²) in [7, 11) is 0. The molecule has 0 aromatic carbocycles. The third kappa shape index (κ3) is 1.37. The van der Waals surface area contributed by atoms with Gasteiger partial charge in [0.2, 0.25) is 0 Å². The van der Waals surface area contributed by atoms with Crippen LogP contribution < -0.4 is 5.73 Å². The van der Waals surface area contributed by atoms with Crippen LogP contribution in [0.4, 0.5) is 5.82 Å². The highest BCUT2D eigenvalue weighted by Gasteiger charge is 2.09. The minimum absolute atomic E-state index is 0.440. The summed E-state index contributed by atoms with van der Waals surface area (Å²) in [4.78, 5) is 4.03. The first-order valence-corrected chi connectivity index (χ1v) is 4.96. The van der Waals surface area contributed by atoms with Crippen molar-refractivity contribution in [3.63, 3.8) is 0 Å². The number of pyridine rings is 1. The Bertz CT molecular complexity index is 433. The minimum Gasteiger partial charge on any atom is -0.384 e. The molecular formula is C9H11N3S. The molecule has 2 heterocycles. The predicted molar refractivity (Wildman–Crippen MR) is 55.9 cm³/mol. The Labute approximate surface area is 80.8 Å². The van der Waals surface area contributed by atoms with E-state index in [9.17, 15) is 0 Å². The topological polar surface area (TPSA) is 51.8 Å². The number of hydrogen-bond donors (Lipinski definition) is 1. The Hall–Kier alpha value is -1.16. The molecule has 0 saturated carbocycles. The molecule has 68 valence electrons. The van der Waals surface area contributed by atoms with Crippen LogP contribution in [0, 0.1) is 0 Å². The Morgan fingerprint density at radius 2 is 2.23 bits per heavy atom. The molecule has 2 rings (SSSR count). The van der Waals surface area contributed by atoms with Gasteiger partial charge in [-0.05, 0) is 23.5 Å². The maximum atomic E-state index is 5.62. The Morgan fingerprint density at radius 1 is 1.46 bits per heavy atom. The highest BCUT2D eigenvalue weighted by Crippen LogP contribution is 2.28. The zero-order valence-corrected chi connectivity index (χ0v) is 8.43. The van der Waals surface area contributed by atoms with E-state index in [4.69, 9.17) is 5.73 Å². The molecule has 0 aliphatic rings. The maximum Gasteiger partial charge on any atom is 0.124 e. The first kappa shape index (κ1) is 8.44. The second-order valence-electron chi connectivity index (χ2n) is 3.33. The zero-order chi connectivity index (χ0) is 9.42. The van der Waals surface area contributed by atoms with Gasteiger partial charge in [-0.3, -0.25) is 0 Å². The molecule has 0 aliphatic carbocycles. The van der Waals surface area contributed by atoms with Crippen molar-refractivity contribution >= 4 is 27.4 Å². The molecule has 2 aromatic rings. The van der Waals surface area contributed by atoms with Crippen LogP contribution in [0.5, 0.6) is 0 Å². The summed E-state index contributed by atoms with van der Waals surface area (Å²) in [5.74, 6) is 1.00. The van der Waals surface area contributed by atoms with Gasteiger partial charge in [-0.15, -0.1) is 0 Å². The van der Waals surface area contributed by atoms with Crippen LogP contribution in [-0.4, -0.2) is 9.36 Å². The van der Waals surface area contributed by atoms with Crippen molar-refractivity contribution < 1.29 is 0 Å². The van der Waals surface area contributed by atoms with Crippen LogP contribution in [0.15, 0.2) is 12.3 Å². The molecule has 13 heavy (non-hydrogen) atoms. The second-order valence-corrected chi connectivity index (χ2v) is 4.13. The van der Waals surface area contributed by atoms with Crippen molar-refractivity contribution in [1.82, 2.24) is 9.36 Å². The molecule has 0 aliphatic heterocycles. The number of aromatic nitrogens is 2. The minimum atomic E-state index is 0.440. The number of nitrogens with two attached hydrogens (primary N) is 1.